The molecule has 2 heterocycles. The maximum absolute atomic E-state index is 12.5. The number of aliphatic hydroxyl groups excluding tert-OH is 1. The minimum Gasteiger partial charge on any atom is -0.507 e. The Kier molecular flexibility index (Phi) is 4.71. The van der Waals surface area contributed by atoms with E-state index < -0.39 is 6.10 Å². The molecule has 0 aliphatic carbocycles. The van der Waals surface area contributed by atoms with Crippen molar-refractivity contribution in [3.8, 4) is 16.9 Å². The Morgan fingerprint density at radius 1 is 1.14 bits per heavy atom. The number of aliphatic hydroxyl groups is 1. The molecule has 2 aromatic carbocycles. The molecular weight excluding hydrogens is 372 g/mol. The van der Waals surface area contributed by atoms with E-state index in [0.29, 0.717) is 22.3 Å². The number of hydrogen-bond acceptors (Lipinski definition) is 5. The van der Waals surface area contributed by atoms with Gasteiger partial charge in [-0.1, -0.05) is 31.2 Å². The third-order valence-electron chi connectivity index (χ3n) is 5.19. The Bertz CT molecular complexity index is 1220. The van der Waals surface area contributed by atoms with Crippen LogP contribution in [0.4, 0.5) is 0 Å². The van der Waals surface area contributed by atoms with Crippen LogP contribution in [0.5, 0.6) is 5.75 Å². The molecule has 28 heavy (non-hydrogen) atoms. The molecule has 0 spiro atoms. The highest BCUT2D eigenvalue weighted by molar-refractivity contribution is 7.19. The number of phenolic OH excluding ortho intramolecular Hbond substituents is 1. The van der Waals surface area contributed by atoms with Gasteiger partial charge in [-0.3, -0.25) is 4.79 Å². The van der Waals surface area contributed by atoms with Crippen LogP contribution < -0.4 is 11.3 Å². The molecule has 0 aliphatic heterocycles. The Labute approximate surface area is 166 Å². The van der Waals surface area contributed by atoms with Gasteiger partial charge in [-0.25, -0.2) is 0 Å². The maximum Gasteiger partial charge on any atom is 0.266 e. The number of nitrogens with two attached hydrogens (primary N) is 1. The first-order valence-corrected chi connectivity index (χ1v) is 10.0. The van der Waals surface area contributed by atoms with Crippen LogP contribution in [-0.4, -0.2) is 21.7 Å². The minimum atomic E-state index is -0.662. The van der Waals surface area contributed by atoms with Gasteiger partial charge < -0.3 is 20.9 Å². The fourth-order valence-electron chi connectivity index (χ4n) is 3.53. The monoisotopic (exact) mass is 394 g/mol. The zero-order valence-corrected chi connectivity index (χ0v) is 16.5. The second-order valence-electron chi connectivity index (χ2n) is 7.16. The summed E-state index contributed by atoms with van der Waals surface area (Å²) < 4.78 is 0.545. The van der Waals surface area contributed by atoms with E-state index in [1.807, 2.05) is 30.3 Å². The van der Waals surface area contributed by atoms with E-state index in [2.05, 4.69) is 11.9 Å². The molecule has 0 aliphatic rings. The third kappa shape index (κ3) is 2.99. The number of hydrogen-bond donors (Lipinski definition) is 4. The van der Waals surface area contributed by atoms with E-state index in [1.54, 1.807) is 19.1 Å². The molecule has 144 valence electrons. The van der Waals surface area contributed by atoms with Crippen LogP contribution in [0.1, 0.15) is 36.3 Å². The summed E-state index contributed by atoms with van der Waals surface area (Å²) >= 11 is 1.28. The fourth-order valence-corrected chi connectivity index (χ4v) is 4.53. The summed E-state index contributed by atoms with van der Waals surface area (Å²) in [6, 6.07) is 13.1. The summed E-state index contributed by atoms with van der Waals surface area (Å²) in [5.41, 5.74) is 8.88. The van der Waals surface area contributed by atoms with Crippen molar-refractivity contribution >= 4 is 32.3 Å². The van der Waals surface area contributed by atoms with Gasteiger partial charge in [0, 0.05) is 26.7 Å². The molecule has 0 radical (unpaired) electrons. The number of H-pyrrole nitrogens is 1. The van der Waals surface area contributed by atoms with Crippen molar-refractivity contribution in [1.82, 2.24) is 4.98 Å². The van der Waals surface area contributed by atoms with E-state index in [0.717, 1.165) is 26.8 Å². The molecule has 0 saturated heterocycles. The first kappa shape index (κ1) is 18.7. The van der Waals surface area contributed by atoms with Crippen LogP contribution in [0.3, 0.4) is 0 Å². The summed E-state index contributed by atoms with van der Waals surface area (Å²) in [5.74, 6) is 0.397. The zero-order valence-electron chi connectivity index (χ0n) is 15.7. The number of aromatic hydroxyl groups is 1. The molecule has 2 unspecified atom stereocenters. The molecule has 0 fully saturated rings. The standard InChI is InChI=1S/C22H22N2O3S/c1-11(10-23)13-3-5-14(6-4-13)19-17(26)8-7-16-20(19)15-9-18(12(2)25)28-21(15)22(27)24-16/h3-9,11-12,25-26H,10,23H2,1-2H3,(H,24,27). The van der Waals surface area contributed by atoms with E-state index in [9.17, 15) is 15.0 Å². The lowest BCUT2D eigenvalue weighted by molar-refractivity contribution is 0.203. The van der Waals surface area contributed by atoms with Crippen molar-refractivity contribution < 1.29 is 10.2 Å². The number of benzene rings is 2. The average Bonchev–Trinajstić information content (AvgIpc) is 3.15. The average molecular weight is 394 g/mol. The maximum atomic E-state index is 12.5. The molecule has 5 N–H and O–H groups in total. The normalized spacial score (nSPS) is 13.9. The van der Waals surface area contributed by atoms with Crippen LogP contribution in [0, 0.1) is 0 Å². The van der Waals surface area contributed by atoms with Gasteiger partial charge in [0.05, 0.1) is 6.10 Å². The fraction of sp³-hybridized carbons (Fsp3) is 0.227. The smallest absolute Gasteiger partial charge is 0.266 e. The summed E-state index contributed by atoms with van der Waals surface area (Å²) in [6.45, 7) is 4.32. The van der Waals surface area contributed by atoms with Gasteiger partial charge in [0.2, 0.25) is 0 Å². The number of rotatable bonds is 4. The highest BCUT2D eigenvalue weighted by Crippen LogP contribution is 2.41. The van der Waals surface area contributed by atoms with Crippen LogP contribution in [0.15, 0.2) is 47.3 Å². The topological polar surface area (TPSA) is 99.3 Å². The number of fused-ring (bicyclic) bond motifs is 3. The number of nitrogens with one attached hydrogen (secondary N) is 1. The van der Waals surface area contributed by atoms with Crippen LogP contribution >= 0.6 is 11.3 Å². The molecule has 4 aromatic rings. The molecular formula is C22H22N2O3S. The lowest BCUT2D eigenvalue weighted by Gasteiger charge is -2.13. The van der Waals surface area contributed by atoms with E-state index in [4.69, 9.17) is 5.73 Å². The molecule has 6 heteroatoms. The van der Waals surface area contributed by atoms with Crippen LogP contribution in [-0.2, 0) is 0 Å². The quantitative estimate of drug-likeness (QED) is 0.416. The van der Waals surface area contributed by atoms with E-state index >= 15 is 0 Å². The molecule has 4 rings (SSSR count). The lowest BCUT2D eigenvalue weighted by Crippen LogP contribution is -2.08. The second kappa shape index (κ2) is 7.05. The summed E-state index contributed by atoms with van der Waals surface area (Å²) in [4.78, 5) is 16.1. The van der Waals surface area contributed by atoms with E-state index in [1.165, 1.54) is 11.3 Å². The highest BCUT2D eigenvalue weighted by atomic mass is 32.1. The van der Waals surface area contributed by atoms with Gasteiger partial charge in [0.1, 0.15) is 10.4 Å². The molecule has 0 bridgehead atoms. The highest BCUT2D eigenvalue weighted by Gasteiger charge is 2.18. The third-order valence-corrected chi connectivity index (χ3v) is 6.50. The van der Waals surface area contributed by atoms with Crippen molar-refractivity contribution in [1.29, 1.82) is 0 Å². The number of aromatic nitrogens is 1. The Morgan fingerprint density at radius 2 is 1.86 bits per heavy atom. The molecule has 5 nitrogen and oxygen atoms in total. The zero-order chi connectivity index (χ0) is 20.0. The van der Waals surface area contributed by atoms with Gasteiger partial charge in [-0.05, 0) is 48.7 Å². The van der Waals surface area contributed by atoms with Gasteiger partial charge >= 0.3 is 0 Å². The molecule has 0 saturated carbocycles. The van der Waals surface area contributed by atoms with E-state index in [-0.39, 0.29) is 17.2 Å². The SMILES string of the molecule is CC(O)c1cc2c(s1)c(=O)[nH]c1ccc(O)c(-c3ccc(C(C)CN)cc3)c12. The first-order valence-electron chi connectivity index (χ1n) is 9.20. The minimum absolute atomic E-state index is 0.144. The van der Waals surface area contributed by atoms with Gasteiger partial charge in [-0.2, -0.15) is 0 Å². The summed E-state index contributed by atoms with van der Waals surface area (Å²) in [5, 5.41) is 22.2. The predicted molar refractivity (Wildman–Crippen MR) is 115 cm³/mol. The van der Waals surface area contributed by atoms with Crippen LogP contribution in [0.25, 0.3) is 32.1 Å². The number of thiophene rings is 1. The van der Waals surface area contributed by atoms with Crippen molar-refractivity contribution in [2.75, 3.05) is 6.54 Å². The Morgan fingerprint density at radius 3 is 2.50 bits per heavy atom. The summed E-state index contributed by atoms with van der Waals surface area (Å²) in [6.07, 6.45) is -0.662. The largest absolute Gasteiger partial charge is 0.507 e. The van der Waals surface area contributed by atoms with Gasteiger partial charge in [-0.15, -0.1) is 11.3 Å². The summed E-state index contributed by atoms with van der Waals surface area (Å²) in [7, 11) is 0. The number of pyridine rings is 1. The molecule has 2 atom stereocenters. The van der Waals surface area contributed by atoms with Crippen molar-refractivity contribution in [2.45, 2.75) is 25.9 Å². The van der Waals surface area contributed by atoms with Gasteiger partial charge in [0.25, 0.3) is 5.56 Å². The number of phenols is 1. The Balaban J connectivity index is 2.04. The van der Waals surface area contributed by atoms with Crippen molar-refractivity contribution in [2.24, 2.45) is 5.73 Å². The Hall–Kier alpha value is -2.67. The second-order valence-corrected chi connectivity index (χ2v) is 8.25. The van der Waals surface area contributed by atoms with Crippen molar-refractivity contribution in [3.05, 3.63) is 63.3 Å². The first-order chi connectivity index (χ1) is 13.4. The lowest BCUT2D eigenvalue weighted by atomic mass is 9.94. The predicted octanol–water partition coefficient (Wildman–Crippen LogP) is 4.23. The number of aromatic amines is 1. The molecule has 2 aromatic heterocycles. The van der Waals surface area contributed by atoms with Gasteiger partial charge in [0.15, 0.2) is 0 Å². The molecule has 0 amide bonds. The van der Waals surface area contributed by atoms with Crippen LogP contribution in [0.2, 0.25) is 0 Å². The van der Waals surface area contributed by atoms with Crippen molar-refractivity contribution in [3.63, 3.8) is 0 Å².